The number of benzene rings is 16. The molecule has 0 aliphatic rings. The summed E-state index contributed by atoms with van der Waals surface area (Å²) in [5.74, 6) is 1.40. The molecule has 0 amide bonds. The maximum atomic E-state index is 5.36. The van der Waals surface area contributed by atoms with Crippen LogP contribution in [0.15, 0.2) is 364 Å². The Bertz CT molecular complexity index is 7070. The third-order valence-electron chi connectivity index (χ3n) is 20.9. The van der Waals surface area contributed by atoms with Gasteiger partial charge in [-0.25, -0.2) is 19.9 Å². The van der Waals surface area contributed by atoms with Crippen LogP contribution in [0.3, 0.4) is 0 Å². The van der Waals surface area contributed by atoms with Gasteiger partial charge < -0.3 is 0 Å². The highest BCUT2D eigenvalue weighted by Gasteiger charge is 2.21. The van der Waals surface area contributed by atoms with Crippen molar-refractivity contribution in [3.63, 3.8) is 0 Å². The van der Waals surface area contributed by atoms with E-state index >= 15 is 0 Å². The predicted octanol–water partition coefficient (Wildman–Crippen LogP) is 29.4. The van der Waals surface area contributed by atoms with Crippen molar-refractivity contribution in [2.75, 3.05) is 0 Å². The monoisotopic (exact) mass is 1440 g/mol. The van der Waals surface area contributed by atoms with Gasteiger partial charge in [-0.1, -0.05) is 255 Å². The SMILES string of the molecule is c1ccc(-c2cc(-c3ccc4ccccc4c3)nc(-c3cc(-c4ccc5sc6ccccc6c5c4)cc(-c4ccc5sc6ccccc6c5c4)c3)n2)cc1.c1ccc(-c2cc(-c3ccc4ccccc4c3)nc(-c3cc(-c4cccc5c4sc4ccccc45)cc(-c4cccc5c4sc4ccccc45)c3)n2)cc1. The molecule has 8 heteroatoms. The van der Waals surface area contributed by atoms with Gasteiger partial charge in [0.2, 0.25) is 0 Å². The van der Waals surface area contributed by atoms with Gasteiger partial charge >= 0.3 is 0 Å². The normalized spacial score (nSPS) is 11.7. The quantitative estimate of drug-likeness (QED) is 0.137. The van der Waals surface area contributed by atoms with E-state index in [2.05, 4.69) is 358 Å². The van der Waals surface area contributed by atoms with Gasteiger partial charge in [0.05, 0.1) is 22.8 Å². The molecule has 6 heterocycles. The zero-order valence-corrected chi connectivity index (χ0v) is 61.3. The largest absolute Gasteiger partial charge is 0.228 e. The molecular formula is C100H60N4S4. The molecule has 0 saturated heterocycles. The van der Waals surface area contributed by atoms with Crippen LogP contribution in [0.1, 0.15) is 0 Å². The first-order valence-electron chi connectivity index (χ1n) is 36.3. The van der Waals surface area contributed by atoms with E-state index in [-0.39, 0.29) is 0 Å². The van der Waals surface area contributed by atoms with Crippen LogP contribution >= 0.6 is 45.3 Å². The van der Waals surface area contributed by atoms with Gasteiger partial charge in [-0.05, 0) is 175 Å². The molecule has 0 aliphatic carbocycles. The Kier molecular flexibility index (Phi) is 15.6. The average Bonchev–Trinajstić information content (AvgIpc) is 1.46. The van der Waals surface area contributed by atoms with Gasteiger partial charge in [0, 0.05) is 114 Å². The summed E-state index contributed by atoms with van der Waals surface area (Å²) in [6.45, 7) is 0. The number of hydrogen-bond donors (Lipinski definition) is 0. The lowest BCUT2D eigenvalue weighted by molar-refractivity contribution is 1.18. The molecule has 0 atom stereocenters. The summed E-state index contributed by atoms with van der Waals surface area (Å²) in [5, 5.41) is 15.1. The van der Waals surface area contributed by atoms with E-state index < -0.39 is 0 Å². The molecular weight excluding hydrogens is 1390 g/mol. The molecule has 0 aliphatic heterocycles. The van der Waals surface area contributed by atoms with Gasteiger partial charge in [0.25, 0.3) is 0 Å². The van der Waals surface area contributed by atoms with E-state index in [4.69, 9.17) is 19.9 Å². The predicted molar refractivity (Wildman–Crippen MR) is 465 cm³/mol. The molecule has 4 nitrogen and oxygen atoms in total. The van der Waals surface area contributed by atoms with Crippen LogP contribution in [0.5, 0.6) is 0 Å². The number of fused-ring (bicyclic) bond motifs is 14. The average molecular weight is 1450 g/mol. The van der Waals surface area contributed by atoms with E-state index in [1.165, 1.54) is 124 Å². The maximum absolute atomic E-state index is 5.36. The third kappa shape index (κ3) is 11.6. The number of thiophene rings is 4. The van der Waals surface area contributed by atoms with Crippen LogP contribution < -0.4 is 0 Å². The molecule has 22 rings (SSSR count). The maximum Gasteiger partial charge on any atom is 0.160 e. The second-order valence-corrected chi connectivity index (χ2v) is 31.8. The van der Waals surface area contributed by atoms with Gasteiger partial charge in [-0.15, -0.1) is 45.3 Å². The molecule has 0 unspecified atom stereocenters. The van der Waals surface area contributed by atoms with Gasteiger partial charge in [0.1, 0.15) is 0 Å². The minimum atomic E-state index is 0.701. The zero-order chi connectivity index (χ0) is 71.2. The van der Waals surface area contributed by atoms with Gasteiger partial charge in [0.15, 0.2) is 11.6 Å². The second-order valence-electron chi connectivity index (χ2n) is 27.6. The van der Waals surface area contributed by atoms with Crippen LogP contribution in [0.25, 0.3) is 215 Å². The zero-order valence-electron chi connectivity index (χ0n) is 58.1. The van der Waals surface area contributed by atoms with Crippen molar-refractivity contribution in [1.29, 1.82) is 0 Å². The molecule has 0 fully saturated rings. The molecule has 0 bridgehead atoms. The fourth-order valence-electron chi connectivity index (χ4n) is 15.6. The standard InChI is InChI=1S/2C50H30N2S2/c1-2-13-32(14-3-1)44-30-45(34-25-24-31-12-4-5-15-33(31)26-34)52-50(51-44)37-28-35(38-18-10-20-42-40-16-6-8-22-46(40)53-48(38)42)27-36(29-37)39-19-11-21-43-41-17-7-9-23-47(41)54-49(39)43;1-2-11-32(12-3-1)44-30-45(36-19-18-31-10-4-5-13-33(31)24-36)52-50(51-44)39-26-37(34-20-22-48-42(28-34)40-14-6-8-16-46(40)53-48)25-38(27-39)35-21-23-49-43(29-35)41-15-7-9-17-47(41)54-49/h2*1-30H. The molecule has 6 aromatic heterocycles. The summed E-state index contributed by atoms with van der Waals surface area (Å²) >= 11 is 7.42. The van der Waals surface area contributed by atoms with E-state index in [1.54, 1.807) is 0 Å². The third-order valence-corrected chi connectivity index (χ3v) is 25.7. The Labute approximate surface area is 638 Å². The minimum Gasteiger partial charge on any atom is -0.228 e. The highest BCUT2D eigenvalue weighted by molar-refractivity contribution is 7.27. The van der Waals surface area contributed by atoms with Crippen molar-refractivity contribution >= 4 is 148 Å². The molecule has 0 saturated carbocycles. The van der Waals surface area contributed by atoms with E-state index in [1.807, 2.05) is 51.4 Å². The van der Waals surface area contributed by atoms with Crippen LogP contribution in [0.4, 0.5) is 0 Å². The smallest absolute Gasteiger partial charge is 0.160 e. The van der Waals surface area contributed by atoms with Crippen LogP contribution in [-0.2, 0) is 0 Å². The lowest BCUT2D eigenvalue weighted by Gasteiger charge is -2.14. The topological polar surface area (TPSA) is 51.6 Å². The first-order valence-corrected chi connectivity index (χ1v) is 39.5. The molecule has 0 radical (unpaired) electrons. The molecule has 0 N–H and O–H groups in total. The lowest BCUT2D eigenvalue weighted by Crippen LogP contribution is -1.97. The van der Waals surface area contributed by atoms with Crippen LogP contribution in [0.2, 0.25) is 0 Å². The van der Waals surface area contributed by atoms with Crippen LogP contribution in [0, 0.1) is 0 Å². The summed E-state index contributed by atoms with van der Waals surface area (Å²) in [4.78, 5) is 21.3. The number of nitrogens with zero attached hydrogens (tertiary/aromatic N) is 4. The fourth-order valence-corrected chi connectivity index (χ4v) is 20.2. The van der Waals surface area contributed by atoms with E-state index in [9.17, 15) is 0 Å². The second kappa shape index (κ2) is 26.6. The van der Waals surface area contributed by atoms with Crippen molar-refractivity contribution in [3.8, 4) is 112 Å². The summed E-state index contributed by atoms with van der Waals surface area (Å²) < 4.78 is 10.4. The Morgan fingerprint density at radius 2 is 0.472 bits per heavy atom. The van der Waals surface area contributed by atoms with E-state index in [0.717, 1.165) is 78.4 Å². The highest BCUT2D eigenvalue weighted by atomic mass is 32.1. The minimum absolute atomic E-state index is 0.701. The summed E-state index contributed by atoms with van der Waals surface area (Å²) in [5.41, 5.74) is 19.2. The van der Waals surface area contributed by atoms with Gasteiger partial charge in [-0.3, -0.25) is 0 Å². The van der Waals surface area contributed by atoms with Crippen molar-refractivity contribution in [3.05, 3.63) is 364 Å². The first kappa shape index (κ1) is 63.5. The van der Waals surface area contributed by atoms with Crippen molar-refractivity contribution in [2.45, 2.75) is 0 Å². The molecule has 22 aromatic rings. The van der Waals surface area contributed by atoms with E-state index in [0.29, 0.717) is 11.6 Å². The Hall–Kier alpha value is -12.9. The lowest BCUT2D eigenvalue weighted by atomic mass is 9.94. The Morgan fingerprint density at radius 3 is 0.907 bits per heavy atom. The molecule has 504 valence electrons. The first-order chi connectivity index (χ1) is 53.4. The summed E-state index contributed by atoms with van der Waals surface area (Å²) in [6.07, 6.45) is 0. The number of hydrogen-bond acceptors (Lipinski definition) is 8. The fraction of sp³-hybridized carbons (Fsp3) is 0. The Balaban J connectivity index is 0.000000138. The summed E-state index contributed by atoms with van der Waals surface area (Å²) in [7, 11) is 0. The highest BCUT2D eigenvalue weighted by Crippen LogP contribution is 2.47. The molecule has 16 aromatic carbocycles. The number of aromatic nitrogens is 4. The van der Waals surface area contributed by atoms with Crippen molar-refractivity contribution in [1.82, 2.24) is 19.9 Å². The van der Waals surface area contributed by atoms with Crippen LogP contribution in [-0.4, -0.2) is 19.9 Å². The number of rotatable bonds is 10. The van der Waals surface area contributed by atoms with Crippen molar-refractivity contribution in [2.24, 2.45) is 0 Å². The molecule has 108 heavy (non-hydrogen) atoms. The molecule has 0 spiro atoms. The Morgan fingerprint density at radius 1 is 0.157 bits per heavy atom. The van der Waals surface area contributed by atoms with Gasteiger partial charge in [-0.2, -0.15) is 0 Å². The summed E-state index contributed by atoms with van der Waals surface area (Å²) in [6, 6.07) is 131. The van der Waals surface area contributed by atoms with Crippen molar-refractivity contribution < 1.29 is 0 Å².